The van der Waals surface area contributed by atoms with Crippen molar-refractivity contribution in [1.29, 1.82) is 0 Å². The van der Waals surface area contributed by atoms with Crippen LogP contribution >= 0.6 is 0 Å². The lowest BCUT2D eigenvalue weighted by molar-refractivity contribution is 0.229. The molecule has 1 N–H and O–H groups in total. The van der Waals surface area contributed by atoms with Gasteiger partial charge in [0.1, 0.15) is 0 Å². The lowest BCUT2D eigenvalue weighted by Crippen LogP contribution is -2.52. The Labute approximate surface area is 120 Å². The maximum atomic E-state index is 5.64. The van der Waals surface area contributed by atoms with Gasteiger partial charge in [-0.05, 0) is 45.6 Å². The zero-order valence-electron chi connectivity index (χ0n) is 12.4. The van der Waals surface area contributed by atoms with E-state index in [0.29, 0.717) is 11.9 Å². The molecular formula is C15H24N4O. The highest BCUT2D eigenvalue weighted by molar-refractivity contribution is 5.38. The standard InChI is InChI=1S/C15H24N4O/c1-11(2)20-15-9-16-8-14(18-15)19-7-5-13-12(10-19)4-3-6-17-13/h8-9,11-13,17H,3-7,10H2,1-2H3. The number of rotatable bonds is 3. The predicted octanol–water partition coefficient (Wildman–Crippen LogP) is 1.84. The fraction of sp³-hybridized carbons (Fsp3) is 0.733. The molecule has 0 bridgehead atoms. The van der Waals surface area contributed by atoms with E-state index >= 15 is 0 Å². The molecule has 2 atom stereocenters. The molecule has 2 unspecified atom stereocenters. The monoisotopic (exact) mass is 276 g/mol. The van der Waals surface area contributed by atoms with Crippen LogP contribution in [-0.4, -0.2) is 41.7 Å². The fourth-order valence-electron chi connectivity index (χ4n) is 3.24. The van der Waals surface area contributed by atoms with Crippen molar-refractivity contribution < 1.29 is 4.74 Å². The van der Waals surface area contributed by atoms with Crippen LogP contribution in [0, 0.1) is 5.92 Å². The molecule has 2 aliphatic rings. The summed E-state index contributed by atoms with van der Waals surface area (Å²) in [5, 5.41) is 3.64. The van der Waals surface area contributed by atoms with Crippen molar-refractivity contribution in [2.75, 3.05) is 24.5 Å². The normalized spacial score (nSPS) is 26.4. The lowest BCUT2D eigenvalue weighted by Gasteiger charge is -2.42. The summed E-state index contributed by atoms with van der Waals surface area (Å²) in [5.41, 5.74) is 0. The molecule has 5 heteroatoms. The minimum absolute atomic E-state index is 0.132. The largest absolute Gasteiger partial charge is 0.474 e. The molecule has 3 rings (SSSR count). The van der Waals surface area contributed by atoms with E-state index in [1.165, 1.54) is 25.8 Å². The van der Waals surface area contributed by atoms with E-state index in [-0.39, 0.29) is 6.10 Å². The van der Waals surface area contributed by atoms with Crippen LogP contribution in [0.1, 0.15) is 33.1 Å². The van der Waals surface area contributed by atoms with Gasteiger partial charge in [0.25, 0.3) is 0 Å². The van der Waals surface area contributed by atoms with Crippen LogP contribution in [-0.2, 0) is 0 Å². The number of fused-ring (bicyclic) bond motifs is 1. The summed E-state index contributed by atoms with van der Waals surface area (Å²) in [4.78, 5) is 11.2. The molecule has 20 heavy (non-hydrogen) atoms. The van der Waals surface area contributed by atoms with Gasteiger partial charge in [0.2, 0.25) is 5.88 Å². The Hall–Kier alpha value is -1.36. The molecule has 2 aliphatic heterocycles. The lowest BCUT2D eigenvalue weighted by atomic mass is 9.85. The van der Waals surface area contributed by atoms with Gasteiger partial charge in [-0.2, -0.15) is 4.98 Å². The zero-order chi connectivity index (χ0) is 13.9. The highest BCUT2D eigenvalue weighted by Crippen LogP contribution is 2.27. The number of hydrogen-bond donors (Lipinski definition) is 1. The Balaban J connectivity index is 1.69. The molecule has 1 aromatic rings. The van der Waals surface area contributed by atoms with Crippen molar-refractivity contribution in [3.63, 3.8) is 0 Å². The van der Waals surface area contributed by atoms with Crippen LogP contribution in [0.4, 0.5) is 5.82 Å². The van der Waals surface area contributed by atoms with Crippen LogP contribution in [0.25, 0.3) is 0 Å². The van der Waals surface area contributed by atoms with Crippen LogP contribution in [0.3, 0.4) is 0 Å². The SMILES string of the molecule is CC(C)Oc1cncc(N2CCC3NCCCC3C2)n1. The highest BCUT2D eigenvalue weighted by Gasteiger charge is 2.31. The molecule has 1 aromatic heterocycles. The zero-order valence-corrected chi connectivity index (χ0v) is 12.4. The van der Waals surface area contributed by atoms with Crippen molar-refractivity contribution in [2.45, 2.75) is 45.3 Å². The summed E-state index contributed by atoms with van der Waals surface area (Å²) in [5.74, 6) is 2.32. The predicted molar refractivity (Wildman–Crippen MR) is 79.1 cm³/mol. The topological polar surface area (TPSA) is 50.3 Å². The second-order valence-electron chi connectivity index (χ2n) is 6.08. The van der Waals surface area contributed by atoms with Gasteiger partial charge in [-0.1, -0.05) is 0 Å². The Morgan fingerprint density at radius 1 is 1.35 bits per heavy atom. The van der Waals surface area contributed by atoms with Crippen LogP contribution in [0.15, 0.2) is 12.4 Å². The average molecular weight is 276 g/mol. The number of nitrogens with zero attached hydrogens (tertiary/aromatic N) is 3. The van der Waals surface area contributed by atoms with Crippen molar-refractivity contribution in [2.24, 2.45) is 5.92 Å². The molecule has 5 nitrogen and oxygen atoms in total. The van der Waals surface area contributed by atoms with Crippen LogP contribution in [0.5, 0.6) is 5.88 Å². The Morgan fingerprint density at radius 2 is 2.25 bits per heavy atom. The van der Waals surface area contributed by atoms with E-state index in [1.54, 1.807) is 6.20 Å². The van der Waals surface area contributed by atoms with E-state index in [0.717, 1.165) is 24.8 Å². The first-order valence-corrected chi connectivity index (χ1v) is 7.69. The van der Waals surface area contributed by atoms with Crippen molar-refractivity contribution >= 4 is 5.82 Å². The van der Waals surface area contributed by atoms with Crippen LogP contribution in [0.2, 0.25) is 0 Å². The molecule has 0 amide bonds. The quantitative estimate of drug-likeness (QED) is 0.913. The maximum absolute atomic E-state index is 5.64. The molecule has 3 heterocycles. The van der Waals surface area contributed by atoms with Crippen molar-refractivity contribution in [1.82, 2.24) is 15.3 Å². The van der Waals surface area contributed by atoms with Gasteiger partial charge in [0.05, 0.1) is 18.5 Å². The van der Waals surface area contributed by atoms with Gasteiger partial charge in [-0.3, -0.25) is 4.98 Å². The maximum Gasteiger partial charge on any atom is 0.234 e. The van der Waals surface area contributed by atoms with Crippen molar-refractivity contribution in [3.8, 4) is 5.88 Å². The van der Waals surface area contributed by atoms with Crippen molar-refractivity contribution in [3.05, 3.63) is 12.4 Å². The summed E-state index contributed by atoms with van der Waals surface area (Å²) in [6.07, 6.45) is 7.48. The number of aromatic nitrogens is 2. The molecule has 0 aromatic carbocycles. The van der Waals surface area contributed by atoms with E-state index < -0.39 is 0 Å². The first-order valence-electron chi connectivity index (χ1n) is 7.69. The summed E-state index contributed by atoms with van der Waals surface area (Å²) >= 11 is 0. The summed E-state index contributed by atoms with van der Waals surface area (Å²) in [6.45, 7) is 7.32. The van der Waals surface area contributed by atoms with E-state index in [9.17, 15) is 0 Å². The molecule has 0 saturated carbocycles. The number of hydrogen-bond acceptors (Lipinski definition) is 5. The molecule has 0 radical (unpaired) electrons. The Kier molecular flexibility index (Phi) is 4.05. The summed E-state index contributed by atoms with van der Waals surface area (Å²) in [7, 11) is 0. The smallest absolute Gasteiger partial charge is 0.234 e. The summed E-state index contributed by atoms with van der Waals surface area (Å²) in [6, 6.07) is 0.697. The van der Waals surface area contributed by atoms with E-state index in [2.05, 4.69) is 20.2 Å². The van der Waals surface area contributed by atoms with Gasteiger partial charge in [-0.25, -0.2) is 0 Å². The second-order valence-corrected chi connectivity index (χ2v) is 6.08. The minimum atomic E-state index is 0.132. The number of ether oxygens (including phenoxy) is 1. The Morgan fingerprint density at radius 3 is 3.10 bits per heavy atom. The average Bonchev–Trinajstić information content (AvgIpc) is 2.46. The van der Waals surface area contributed by atoms with E-state index in [1.807, 2.05) is 20.0 Å². The minimum Gasteiger partial charge on any atom is -0.474 e. The molecular weight excluding hydrogens is 252 g/mol. The summed E-state index contributed by atoms with van der Waals surface area (Å²) < 4.78 is 5.64. The number of anilines is 1. The molecule has 0 spiro atoms. The third kappa shape index (κ3) is 3.03. The van der Waals surface area contributed by atoms with Gasteiger partial charge < -0.3 is 15.0 Å². The Bertz CT molecular complexity index is 451. The highest BCUT2D eigenvalue weighted by atomic mass is 16.5. The van der Waals surface area contributed by atoms with Crippen LogP contribution < -0.4 is 15.0 Å². The van der Waals surface area contributed by atoms with Gasteiger partial charge >= 0.3 is 0 Å². The number of piperidine rings is 2. The third-order valence-corrected chi connectivity index (χ3v) is 4.17. The molecule has 110 valence electrons. The van der Waals surface area contributed by atoms with Gasteiger partial charge in [-0.15, -0.1) is 0 Å². The number of nitrogens with one attached hydrogen (secondary N) is 1. The molecule has 2 fully saturated rings. The fourth-order valence-corrected chi connectivity index (χ4v) is 3.24. The third-order valence-electron chi connectivity index (χ3n) is 4.17. The first kappa shape index (κ1) is 13.6. The van der Waals surface area contributed by atoms with E-state index in [4.69, 9.17) is 4.74 Å². The first-order chi connectivity index (χ1) is 9.72. The van der Waals surface area contributed by atoms with Gasteiger partial charge in [0, 0.05) is 19.1 Å². The second kappa shape index (κ2) is 5.95. The van der Waals surface area contributed by atoms with Gasteiger partial charge in [0.15, 0.2) is 5.82 Å². The molecule has 0 aliphatic carbocycles. The molecule has 2 saturated heterocycles.